The molecule has 0 unspecified atom stereocenters. The Morgan fingerprint density at radius 2 is 1.76 bits per heavy atom. The second-order valence-corrected chi connectivity index (χ2v) is 13.8. The fourth-order valence-electron chi connectivity index (χ4n) is 5.64. The van der Waals surface area contributed by atoms with E-state index in [0.717, 1.165) is 54.5 Å². The van der Waals surface area contributed by atoms with Crippen molar-refractivity contribution in [3.63, 3.8) is 0 Å². The van der Waals surface area contributed by atoms with Crippen LogP contribution in [0.2, 0.25) is 5.02 Å². The lowest BCUT2D eigenvalue weighted by Gasteiger charge is -2.29. The predicted molar refractivity (Wildman–Crippen MR) is 179 cm³/mol. The number of aliphatic hydroxyl groups excluding tert-OH is 1. The summed E-state index contributed by atoms with van der Waals surface area (Å²) in [5, 5.41) is 18.5. The fraction of sp³-hybridized carbons (Fsp3) is 0.353. The van der Waals surface area contributed by atoms with E-state index in [4.69, 9.17) is 36.5 Å². The smallest absolute Gasteiger partial charge is 0.410 e. The zero-order chi connectivity index (χ0) is 31.9. The number of amides is 1. The Balaban J connectivity index is 1.30. The first-order valence-corrected chi connectivity index (χ1v) is 16.2. The Hall–Kier alpha value is -3.83. The zero-order valence-corrected chi connectivity index (χ0v) is 27.7. The molecule has 0 fully saturated rings. The minimum atomic E-state index is -0.528. The third kappa shape index (κ3) is 6.46. The van der Waals surface area contributed by atoms with E-state index < -0.39 is 5.60 Å². The maximum absolute atomic E-state index is 12.7. The molecule has 9 nitrogen and oxygen atoms in total. The fourth-order valence-corrected chi connectivity index (χ4v) is 7.12. The number of hydrogen-bond donors (Lipinski definition) is 2. The van der Waals surface area contributed by atoms with Crippen LogP contribution in [0.5, 0.6) is 0 Å². The summed E-state index contributed by atoms with van der Waals surface area (Å²) in [6.07, 6.45) is 2.34. The summed E-state index contributed by atoms with van der Waals surface area (Å²) in [7, 11) is 0. The summed E-state index contributed by atoms with van der Waals surface area (Å²) in [5.74, 6) is 0.604. The third-order valence-electron chi connectivity index (χ3n) is 7.87. The van der Waals surface area contributed by atoms with Gasteiger partial charge >= 0.3 is 6.09 Å². The van der Waals surface area contributed by atoms with Gasteiger partial charge in [0.15, 0.2) is 11.5 Å². The van der Waals surface area contributed by atoms with Gasteiger partial charge in [0.25, 0.3) is 0 Å². The number of aliphatic hydroxyl groups is 1. The molecular formula is C34H37ClN6O3S. The Morgan fingerprint density at radius 1 is 1.07 bits per heavy atom. The van der Waals surface area contributed by atoms with Crippen molar-refractivity contribution in [2.75, 3.05) is 19.7 Å². The van der Waals surface area contributed by atoms with Crippen molar-refractivity contribution < 1.29 is 14.6 Å². The van der Waals surface area contributed by atoms with E-state index >= 15 is 0 Å². The largest absolute Gasteiger partial charge is 0.444 e. The van der Waals surface area contributed by atoms with Crippen LogP contribution in [-0.4, -0.2) is 61.0 Å². The van der Waals surface area contributed by atoms with Crippen LogP contribution >= 0.6 is 22.9 Å². The van der Waals surface area contributed by atoms with Gasteiger partial charge in [-0.25, -0.2) is 19.3 Å². The van der Waals surface area contributed by atoms with Crippen LogP contribution < -0.4 is 5.32 Å². The van der Waals surface area contributed by atoms with Crippen molar-refractivity contribution in [3.05, 3.63) is 80.9 Å². The highest BCUT2D eigenvalue weighted by molar-refractivity contribution is 7.15. The van der Waals surface area contributed by atoms with Crippen LogP contribution in [0.25, 0.3) is 38.7 Å². The summed E-state index contributed by atoms with van der Waals surface area (Å²) in [5.41, 5.74) is 8.53. The number of carbonyl (C=O) groups excluding carboxylic acids is 1. The Bertz CT molecular complexity index is 1890. The molecule has 2 N–H and O–H groups in total. The first kappa shape index (κ1) is 31.2. The van der Waals surface area contributed by atoms with Gasteiger partial charge in [-0.1, -0.05) is 48.0 Å². The quantitative estimate of drug-likeness (QED) is 0.187. The molecule has 0 saturated heterocycles. The Morgan fingerprint density at radius 3 is 2.47 bits per heavy atom. The summed E-state index contributed by atoms with van der Waals surface area (Å²) in [6, 6.07) is 14.4. The topological polar surface area (TPSA) is 105 Å². The molecule has 1 aliphatic rings. The third-order valence-corrected chi connectivity index (χ3v) is 9.27. The van der Waals surface area contributed by atoms with Crippen LogP contribution in [0.3, 0.4) is 0 Å². The zero-order valence-electron chi connectivity index (χ0n) is 26.1. The van der Waals surface area contributed by atoms with E-state index in [2.05, 4.69) is 43.4 Å². The van der Waals surface area contributed by atoms with Crippen molar-refractivity contribution in [1.29, 1.82) is 0 Å². The normalized spacial score (nSPS) is 13.4. The molecule has 0 saturated carbocycles. The Labute approximate surface area is 271 Å². The number of carbonyl (C=O) groups is 1. The number of benzene rings is 2. The van der Waals surface area contributed by atoms with E-state index in [1.165, 1.54) is 0 Å². The number of halogens is 1. The molecule has 11 heteroatoms. The summed E-state index contributed by atoms with van der Waals surface area (Å²) in [6.45, 7) is 12.2. The molecule has 0 atom stereocenters. The number of hydrogen-bond acceptors (Lipinski definition) is 8. The molecule has 0 aliphatic carbocycles. The lowest BCUT2D eigenvalue weighted by Crippen LogP contribution is -2.39. The van der Waals surface area contributed by atoms with Crippen LogP contribution in [0.1, 0.15) is 48.0 Å². The van der Waals surface area contributed by atoms with Gasteiger partial charge in [-0.05, 0) is 68.5 Å². The number of ether oxygens (including phenoxy) is 1. The molecule has 0 bridgehead atoms. The number of fused-ring (bicyclic) bond motifs is 2. The minimum absolute atomic E-state index is 0.0714. The maximum Gasteiger partial charge on any atom is 0.410 e. The molecule has 0 radical (unpaired) electrons. The maximum atomic E-state index is 12.7. The summed E-state index contributed by atoms with van der Waals surface area (Å²) >= 11 is 8.24. The molecule has 234 valence electrons. The van der Waals surface area contributed by atoms with Gasteiger partial charge in [0.2, 0.25) is 0 Å². The van der Waals surface area contributed by atoms with Gasteiger partial charge in [0.05, 0.1) is 23.9 Å². The van der Waals surface area contributed by atoms with Gasteiger partial charge in [0.1, 0.15) is 10.6 Å². The van der Waals surface area contributed by atoms with Crippen molar-refractivity contribution in [3.8, 4) is 33.1 Å². The van der Waals surface area contributed by atoms with E-state index in [1.54, 1.807) is 20.8 Å². The number of nitrogens with zero attached hydrogens (tertiary/aromatic N) is 5. The SMILES string of the molecule is Cc1c(-c2nc3c(Cl)cc(CNCCO)cn3n2)cccc1-c1cccc(-c2nc3c(s2)CN(C(=O)OC(C)(C)C)CC3)c1C. The average Bonchev–Trinajstić information content (AvgIpc) is 3.61. The Kier molecular flexibility index (Phi) is 8.67. The van der Waals surface area contributed by atoms with E-state index in [0.29, 0.717) is 49.1 Å². The van der Waals surface area contributed by atoms with Crippen LogP contribution in [0.15, 0.2) is 48.7 Å². The summed E-state index contributed by atoms with van der Waals surface area (Å²) in [4.78, 5) is 25.4. The number of nitrogens with one attached hydrogen (secondary N) is 1. The number of pyridine rings is 1. The number of thiazole rings is 1. The van der Waals surface area contributed by atoms with E-state index in [-0.39, 0.29) is 12.7 Å². The standard InChI is InChI=1S/C34H37ClN6O3S/c1-20-23(8-6-10-25(20)30-38-31-27(35)16-22(17-36-13-15-42)18-41(31)39-30)24-9-7-11-26(21(24)2)32-37-28-12-14-40(19-29(28)45-32)33(43)44-34(3,4)5/h6-11,16,18,36,42H,12-15,17,19H2,1-5H3. The van der Waals surface area contributed by atoms with Crippen molar-refractivity contribution >= 4 is 34.7 Å². The second kappa shape index (κ2) is 12.5. The second-order valence-electron chi connectivity index (χ2n) is 12.3. The molecule has 1 amide bonds. The average molecular weight is 645 g/mol. The number of aromatic nitrogens is 4. The molecule has 45 heavy (non-hydrogen) atoms. The minimum Gasteiger partial charge on any atom is -0.444 e. The van der Waals surface area contributed by atoms with Crippen LogP contribution in [-0.2, 0) is 24.2 Å². The summed E-state index contributed by atoms with van der Waals surface area (Å²) < 4.78 is 7.33. The first-order chi connectivity index (χ1) is 21.5. The molecule has 2 aromatic carbocycles. The molecule has 5 aromatic rings. The van der Waals surface area contributed by atoms with Gasteiger partial charge in [-0.3, -0.25) is 0 Å². The van der Waals surface area contributed by atoms with Gasteiger partial charge in [0, 0.05) is 48.3 Å². The molecule has 0 spiro atoms. The lowest BCUT2D eigenvalue weighted by atomic mass is 9.91. The van der Waals surface area contributed by atoms with Crippen molar-refractivity contribution in [2.45, 2.75) is 59.7 Å². The van der Waals surface area contributed by atoms with Gasteiger partial charge in [-0.2, -0.15) is 0 Å². The highest BCUT2D eigenvalue weighted by atomic mass is 35.5. The molecule has 1 aliphatic heterocycles. The molecule has 4 heterocycles. The monoisotopic (exact) mass is 644 g/mol. The van der Waals surface area contributed by atoms with Crippen molar-refractivity contribution in [1.82, 2.24) is 29.8 Å². The van der Waals surface area contributed by atoms with Crippen molar-refractivity contribution in [2.24, 2.45) is 0 Å². The van der Waals surface area contributed by atoms with E-state index in [1.807, 2.05) is 45.2 Å². The number of rotatable bonds is 7. The first-order valence-electron chi connectivity index (χ1n) is 15.1. The van der Waals surface area contributed by atoms with Gasteiger partial charge in [-0.15, -0.1) is 16.4 Å². The molecule has 3 aromatic heterocycles. The van der Waals surface area contributed by atoms with Gasteiger partial charge < -0.3 is 20.1 Å². The van der Waals surface area contributed by atoms with E-state index in [9.17, 15) is 4.79 Å². The molecular weight excluding hydrogens is 608 g/mol. The molecule has 6 rings (SSSR count). The lowest BCUT2D eigenvalue weighted by molar-refractivity contribution is 0.0225. The van der Waals surface area contributed by atoms with Crippen LogP contribution in [0, 0.1) is 13.8 Å². The van der Waals surface area contributed by atoms with Crippen LogP contribution in [0.4, 0.5) is 4.79 Å². The predicted octanol–water partition coefficient (Wildman–Crippen LogP) is 6.83. The highest BCUT2D eigenvalue weighted by Gasteiger charge is 2.28. The highest BCUT2D eigenvalue weighted by Crippen LogP contribution is 2.39.